The van der Waals surface area contributed by atoms with Crippen LogP contribution < -0.4 is 5.32 Å². The predicted molar refractivity (Wildman–Crippen MR) is 83.4 cm³/mol. The second-order valence-electron chi connectivity index (χ2n) is 3.97. The number of thiophene rings is 1. The molecule has 2 aromatic heterocycles. The average Bonchev–Trinajstić information content (AvgIpc) is 3.10. The summed E-state index contributed by atoms with van der Waals surface area (Å²) in [7, 11) is 0. The summed E-state index contributed by atoms with van der Waals surface area (Å²) in [6.45, 7) is -0.770. The molecule has 1 amide bonds. The molecule has 2 rings (SSSR count). The number of carbonyl (C=O) groups is 3. The Labute approximate surface area is 142 Å². The topological polar surface area (TPSA) is 85.6 Å². The van der Waals surface area contributed by atoms with Crippen LogP contribution in [0.4, 0.5) is 0 Å². The van der Waals surface area contributed by atoms with Gasteiger partial charge in [-0.2, -0.15) is 0 Å². The van der Waals surface area contributed by atoms with Crippen LogP contribution in [0.25, 0.3) is 0 Å². The van der Waals surface area contributed by atoms with E-state index in [0.717, 1.165) is 11.3 Å². The van der Waals surface area contributed by atoms with Crippen LogP contribution in [0.1, 0.15) is 20.2 Å². The SMILES string of the molecule is O=C(CNC(=O)c1ccc(Br)o1)OCC(=O)c1ccc(Cl)s1. The van der Waals surface area contributed by atoms with Crippen molar-refractivity contribution in [2.24, 2.45) is 0 Å². The average molecular weight is 407 g/mol. The van der Waals surface area contributed by atoms with Crippen LogP contribution in [0.2, 0.25) is 4.34 Å². The van der Waals surface area contributed by atoms with Gasteiger partial charge in [-0.1, -0.05) is 11.6 Å². The molecule has 0 unspecified atom stereocenters. The van der Waals surface area contributed by atoms with Crippen molar-refractivity contribution in [3.8, 4) is 0 Å². The molecule has 0 fully saturated rings. The molecule has 0 spiro atoms. The summed E-state index contributed by atoms with van der Waals surface area (Å²) in [5, 5.41) is 2.32. The van der Waals surface area contributed by atoms with Gasteiger partial charge in [0, 0.05) is 0 Å². The normalized spacial score (nSPS) is 10.3. The van der Waals surface area contributed by atoms with Gasteiger partial charge in [0.1, 0.15) is 6.54 Å². The summed E-state index contributed by atoms with van der Waals surface area (Å²) in [5.41, 5.74) is 0. The van der Waals surface area contributed by atoms with Crippen molar-refractivity contribution >= 4 is 56.5 Å². The van der Waals surface area contributed by atoms with Crippen LogP contribution in [-0.4, -0.2) is 30.8 Å². The Hall–Kier alpha value is -1.64. The van der Waals surface area contributed by atoms with Crippen molar-refractivity contribution < 1.29 is 23.5 Å². The van der Waals surface area contributed by atoms with E-state index in [1.807, 2.05) is 0 Å². The minimum atomic E-state index is -0.727. The molecule has 22 heavy (non-hydrogen) atoms. The first-order chi connectivity index (χ1) is 10.5. The summed E-state index contributed by atoms with van der Waals surface area (Å²) >= 11 is 9.87. The quantitative estimate of drug-likeness (QED) is 0.589. The smallest absolute Gasteiger partial charge is 0.325 e. The van der Waals surface area contributed by atoms with Crippen molar-refractivity contribution in [1.29, 1.82) is 0 Å². The van der Waals surface area contributed by atoms with E-state index in [9.17, 15) is 14.4 Å². The third-order valence-corrected chi connectivity index (χ3v) is 4.10. The molecule has 0 aliphatic heterocycles. The summed E-state index contributed by atoms with van der Waals surface area (Å²) in [6.07, 6.45) is 0. The van der Waals surface area contributed by atoms with Gasteiger partial charge in [0.15, 0.2) is 17.0 Å². The summed E-state index contributed by atoms with van der Waals surface area (Å²) in [4.78, 5) is 35.2. The van der Waals surface area contributed by atoms with Crippen molar-refractivity contribution in [3.63, 3.8) is 0 Å². The zero-order valence-corrected chi connectivity index (χ0v) is 14.1. The highest BCUT2D eigenvalue weighted by molar-refractivity contribution is 9.10. The van der Waals surface area contributed by atoms with Gasteiger partial charge >= 0.3 is 5.97 Å². The van der Waals surface area contributed by atoms with Gasteiger partial charge in [0.25, 0.3) is 5.91 Å². The van der Waals surface area contributed by atoms with Crippen LogP contribution in [-0.2, 0) is 9.53 Å². The zero-order chi connectivity index (χ0) is 16.1. The molecule has 0 aliphatic carbocycles. The van der Waals surface area contributed by atoms with E-state index in [2.05, 4.69) is 21.2 Å². The first kappa shape index (κ1) is 16.7. The van der Waals surface area contributed by atoms with Gasteiger partial charge in [0.2, 0.25) is 5.78 Å². The van der Waals surface area contributed by atoms with Crippen LogP contribution in [0.3, 0.4) is 0 Å². The number of nitrogens with one attached hydrogen (secondary N) is 1. The fourth-order valence-corrected chi connectivity index (χ4v) is 2.68. The molecule has 0 aromatic carbocycles. The van der Waals surface area contributed by atoms with Gasteiger partial charge < -0.3 is 14.5 Å². The molecule has 0 atom stereocenters. The predicted octanol–water partition coefficient (Wildman–Crippen LogP) is 2.91. The number of ether oxygens (including phenoxy) is 1. The number of furan rings is 1. The number of rotatable bonds is 6. The minimum absolute atomic E-state index is 0.0592. The van der Waals surface area contributed by atoms with Crippen LogP contribution in [0.15, 0.2) is 33.4 Å². The van der Waals surface area contributed by atoms with E-state index in [1.54, 1.807) is 18.2 Å². The molecule has 0 radical (unpaired) electrons. The number of amides is 1. The van der Waals surface area contributed by atoms with Crippen molar-refractivity contribution in [2.75, 3.05) is 13.2 Å². The highest BCUT2D eigenvalue weighted by Crippen LogP contribution is 2.21. The first-order valence-electron chi connectivity index (χ1n) is 5.93. The van der Waals surface area contributed by atoms with E-state index in [0.29, 0.717) is 13.9 Å². The van der Waals surface area contributed by atoms with Gasteiger partial charge in [-0.3, -0.25) is 14.4 Å². The number of hydrogen-bond donors (Lipinski definition) is 1. The molecule has 0 aliphatic rings. The van der Waals surface area contributed by atoms with Gasteiger partial charge in [-0.05, 0) is 40.2 Å². The largest absolute Gasteiger partial charge is 0.456 e. The third kappa shape index (κ3) is 4.69. The molecule has 0 saturated heterocycles. The summed E-state index contributed by atoms with van der Waals surface area (Å²) < 4.78 is 10.7. The van der Waals surface area contributed by atoms with Crippen LogP contribution in [0.5, 0.6) is 0 Å². The fourth-order valence-electron chi connectivity index (χ4n) is 1.41. The Morgan fingerprint density at radius 2 is 2.05 bits per heavy atom. The second-order valence-corrected chi connectivity index (χ2v) is 6.47. The molecular weight excluding hydrogens is 398 g/mol. The maximum absolute atomic E-state index is 11.7. The standard InChI is InChI=1S/C13H9BrClNO5S/c14-10-3-1-8(21-10)13(19)16-5-12(18)20-6-7(17)9-2-4-11(15)22-9/h1-4H,5-6H2,(H,16,19). The number of halogens is 2. The van der Waals surface area contributed by atoms with E-state index in [-0.39, 0.29) is 18.1 Å². The molecular formula is C13H9BrClNO5S. The lowest BCUT2D eigenvalue weighted by Gasteiger charge is -2.04. The number of Topliss-reactive ketones (excluding diaryl/α,β-unsaturated/α-hetero) is 1. The van der Waals surface area contributed by atoms with Gasteiger partial charge in [0.05, 0.1) is 9.21 Å². The van der Waals surface area contributed by atoms with E-state index < -0.39 is 18.5 Å². The third-order valence-electron chi connectivity index (χ3n) is 2.40. The first-order valence-corrected chi connectivity index (χ1v) is 7.92. The lowest BCUT2D eigenvalue weighted by atomic mass is 10.3. The Kier molecular flexibility index (Phi) is 5.76. The van der Waals surface area contributed by atoms with E-state index in [4.69, 9.17) is 20.8 Å². The number of hydrogen-bond acceptors (Lipinski definition) is 6. The molecule has 0 bridgehead atoms. The highest BCUT2D eigenvalue weighted by atomic mass is 79.9. The second kappa shape index (κ2) is 7.57. The van der Waals surface area contributed by atoms with Crippen molar-refractivity contribution in [2.45, 2.75) is 0 Å². The highest BCUT2D eigenvalue weighted by Gasteiger charge is 2.15. The van der Waals surface area contributed by atoms with E-state index >= 15 is 0 Å². The maximum atomic E-state index is 11.7. The Morgan fingerprint density at radius 1 is 1.27 bits per heavy atom. The number of ketones is 1. The molecule has 1 N–H and O–H groups in total. The fraction of sp³-hybridized carbons (Fsp3) is 0.154. The minimum Gasteiger partial charge on any atom is -0.456 e. The lowest BCUT2D eigenvalue weighted by molar-refractivity contribution is -0.141. The summed E-state index contributed by atoms with van der Waals surface area (Å²) in [6, 6.07) is 6.15. The maximum Gasteiger partial charge on any atom is 0.325 e. The molecule has 2 heterocycles. The Bertz CT molecular complexity index is 653. The van der Waals surface area contributed by atoms with E-state index in [1.165, 1.54) is 6.07 Å². The van der Waals surface area contributed by atoms with Crippen LogP contribution in [0, 0.1) is 0 Å². The Balaban J connectivity index is 1.74. The molecule has 6 nitrogen and oxygen atoms in total. The van der Waals surface area contributed by atoms with Gasteiger partial charge in [-0.15, -0.1) is 11.3 Å². The monoisotopic (exact) mass is 405 g/mol. The van der Waals surface area contributed by atoms with Crippen LogP contribution >= 0.6 is 38.9 Å². The van der Waals surface area contributed by atoms with Gasteiger partial charge in [-0.25, -0.2) is 0 Å². The number of carbonyl (C=O) groups excluding carboxylic acids is 3. The number of esters is 1. The zero-order valence-electron chi connectivity index (χ0n) is 10.9. The molecule has 0 saturated carbocycles. The molecule has 2 aromatic rings. The summed E-state index contributed by atoms with van der Waals surface area (Å²) in [5.74, 6) is -1.58. The Morgan fingerprint density at radius 3 is 2.64 bits per heavy atom. The molecule has 9 heteroatoms. The van der Waals surface area contributed by atoms with Crippen molar-refractivity contribution in [1.82, 2.24) is 5.32 Å². The lowest BCUT2D eigenvalue weighted by Crippen LogP contribution is -2.31. The van der Waals surface area contributed by atoms with Crippen molar-refractivity contribution in [3.05, 3.63) is 43.9 Å². The molecule has 116 valence electrons.